The highest BCUT2D eigenvalue weighted by molar-refractivity contribution is 7.13. The number of para-hydroxylation sites is 1. The Bertz CT molecular complexity index is 1040. The Morgan fingerprint density at radius 1 is 1.04 bits per heavy atom. The van der Waals surface area contributed by atoms with E-state index in [9.17, 15) is 4.79 Å². The van der Waals surface area contributed by atoms with Crippen molar-refractivity contribution in [3.8, 4) is 10.7 Å². The smallest absolute Gasteiger partial charge is 0.226 e. The van der Waals surface area contributed by atoms with Gasteiger partial charge in [-0.2, -0.15) is 4.98 Å². The monoisotopic (exact) mass is 396 g/mol. The molecule has 1 aromatic carbocycles. The first-order valence-corrected chi connectivity index (χ1v) is 10.1. The predicted molar refractivity (Wildman–Crippen MR) is 106 cm³/mol. The van der Waals surface area contributed by atoms with Gasteiger partial charge in [-0.15, -0.1) is 11.3 Å². The molecule has 0 saturated heterocycles. The predicted octanol–water partition coefficient (Wildman–Crippen LogP) is 4.01. The molecule has 0 aliphatic carbocycles. The lowest BCUT2D eigenvalue weighted by atomic mass is 10.1. The molecular formula is C20H20N4O3S. The molecule has 1 N–H and O–H groups in total. The third-order valence-electron chi connectivity index (χ3n) is 4.38. The van der Waals surface area contributed by atoms with Crippen molar-refractivity contribution in [1.82, 2.24) is 20.6 Å². The number of aryl methyl sites for hydroxylation is 1. The van der Waals surface area contributed by atoms with Gasteiger partial charge < -0.3 is 14.4 Å². The lowest BCUT2D eigenvalue weighted by molar-refractivity contribution is -0.120. The Morgan fingerprint density at radius 3 is 2.86 bits per heavy atom. The van der Waals surface area contributed by atoms with E-state index < -0.39 is 0 Å². The molecule has 0 unspecified atom stereocenters. The number of unbranched alkanes of at least 4 members (excludes halogenated alkanes) is 2. The second-order valence-electron chi connectivity index (χ2n) is 6.45. The fourth-order valence-corrected chi connectivity index (χ4v) is 3.60. The molecule has 4 aromatic rings. The van der Waals surface area contributed by atoms with Crippen LogP contribution in [0.1, 0.15) is 30.8 Å². The molecule has 28 heavy (non-hydrogen) atoms. The van der Waals surface area contributed by atoms with Crippen LogP contribution in [-0.4, -0.2) is 27.7 Å². The zero-order chi connectivity index (χ0) is 19.2. The first-order valence-electron chi connectivity index (χ1n) is 9.26. The Balaban J connectivity index is 1.14. The molecule has 0 aliphatic heterocycles. The van der Waals surface area contributed by atoms with E-state index in [1.807, 2.05) is 41.8 Å². The summed E-state index contributed by atoms with van der Waals surface area (Å²) in [5, 5.41) is 13.8. The molecule has 3 aromatic heterocycles. The summed E-state index contributed by atoms with van der Waals surface area (Å²) in [4.78, 5) is 17.5. The quantitative estimate of drug-likeness (QED) is 0.430. The van der Waals surface area contributed by atoms with E-state index in [0.717, 1.165) is 35.9 Å². The number of nitrogens with zero attached hydrogens (tertiary/aromatic N) is 3. The normalized spacial score (nSPS) is 11.1. The van der Waals surface area contributed by atoms with Gasteiger partial charge in [0.25, 0.3) is 0 Å². The largest absolute Gasteiger partial charge is 0.356 e. The number of thiophene rings is 1. The summed E-state index contributed by atoms with van der Waals surface area (Å²) in [6, 6.07) is 11.5. The van der Waals surface area contributed by atoms with Crippen molar-refractivity contribution >= 4 is 28.2 Å². The Morgan fingerprint density at radius 2 is 1.96 bits per heavy atom. The first kappa shape index (κ1) is 18.4. The van der Waals surface area contributed by atoms with E-state index in [2.05, 4.69) is 20.6 Å². The Hall–Kier alpha value is -3.00. The first-order chi connectivity index (χ1) is 13.8. The molecule has 0 spiro atoms. The van der Waals surface area contributed by atoms with Gasteiger partial charge in [0.2, 0.25) is 17.6 Å². The number of carbonyl (C=O) groups is 1. The number of hydrogen-bond acceptors (Lipinski definition) is 7. The number of aromatic nitrogens is 3. The summed E-state index contributed by atoms with van der Waals surface area (Å²) in [5.41, 5.74) is 1.37. The van der Waals surface area contributed by atoms with E-state index >= 15 is 0 Å². The summed E-state index contributed by atoms with van der Waals surface area (Å²) in [5.74, 6) is 1.26. The van der Waals surface area contributed by atoms with Crippen LogP contribution in [0.5, 0.6) is 0 Å². The molecule has 7 nitrogen and oxygen atoms in total. The average Bonchev–Trinajstić information content (AvgIpc) is 3.45. The minimum atomic E-state index is -0.0449. The molecule has 0 aliphatic rings. The molecule has 0 radical (unpaired) electrons. The minimum Gasteiger partial charge on any atom is -0.356 e. The standard InChI is InChI=1S/C20H20N4O3S/c25-18(13-15-14-7-3-4-8-16(14)26-23-15)21-11-5-1-2-10-19-22-20(24-27-19)17-9-6-12-28-17/h3-4,6-9,12H,1-2,5,10-11,13H2,(H,21,25). The van der Waals surface area contributed by atoms with Crippen LogP contribution in [0.4, 0.5) is 0 Å². The van der Waals surface area contributed by atoms with Gasteiger partial charge in [-0.05, 0) is 36.4 Å². The topological polar surface area (TPSA) is 94.1 Å². The lowest BCUT2D eigenvalue weighted by Crippen LogP contribution is -2.26. The van der Waals surface area contributed by atoms with Gasteiger partial charge in [0, 0.05) is 18.4 Å². The highest BCUT2D eigenvalue weighted by Crippen LogP contribution is 2.21. The Labute approximate surface area is 165 Å². The molecule has 8 heteroatoms. The van der Waals surface area contributed by atoms with Gasteiger partial charge in [-0.1, -0.05) is 34.9 Å². The van der Waals surface area contributed by atoms with E-state index in [1.165, 1.54) is 0 Å². The van der Waals surface area contributed by atoms with Crippen molar-refractivity contribution in [2.45, 2.75) is 32.1 Å². The van der Waals surface area contributed by atoms with Crippen molar-refractivity contribution < 1.29 is 13.8 Å². The summed E-state index contributed by atoms with van der Waals surface area (Å²) in [6.45, 7) is 0.638. The maximum Gasteiger partial charge on any atom is 0.226 e. The van der Waals surface area contributed by atoms with Crippen molar-refractivity contribution in [3.63, 3.8) is 0 Å². The SMILES string of the molecule is O=C(Cc1noc2ccccc12)NCCCCCc1nc(-c2cccs2)no1. The van der Waals surface area contributed by atoms with Crippen LogP contribution in [0.15, 0.2) is 50.8 Å². The number of rotatable bonds is 9. The highest BCUT2D eigenvalue weighted by atomic mass is 32.1. The summed E-state index contributed by atoms with van der Waals surface area (Å²) < 4.78 is 10.5. The molecule has 1 amide bonds. The summed E-state index contributed by atoms with van der Waals surface area (Å²) >= 11 is 1.59. The number of benzene rings is 1. The van der Waals surface area contributed by atoms with Gasteiger partial charge in [0.15, 0.2) is 5.58 Å². The zero-order valence-electron chi connectivity index (χ0n) is 15.3. The van der Waals surface area contributed by atoms with E-state index in [0.29, 0.717) is 29.5 Å². The summed E-state index contributed by atoms with van der Waals surface area (Å²) in [7, 11) is 0. The third-order valence-corrected chi connectivity index (χ3v) is 5.25. The van der Waals surface area contributed by atoms with Gasteiger partial charge in [0.1, 0.15) is 5.69 Å². The van der Waals surface area contributed by atoms with Gasteiger partial charge >= 0.3 is 0 Å². The van der Waals surface area contributed by atoms with Crippen molar-refractivity contribution in [3.05, 3.63) is 53.4 Å². The van der Waals surface area contributed by atoms with Crippen molar-refractivity contribution in [1.29, 1.82) is 0 Å². The number of nitrogens with one attached hydrogen (secondary N) is 1. The molecule has 0 saturated carbocycles. The molecule has 0 fully saturated rings. The Kier molecular flexibility index (Phi) is 5.77. The second-order valence-corrected chi connectivity index (χ2v) is 7.40. The number of amides is 1. The second kappa shape index (κ2) is 8.79. The summed E-state index contributed by atoms with van der Waals surface area (Å²) in [6.07, 6.45) is 3.79. The molecule has 144 valence electrons. The molecular weight excluding hydrogens is 376 g/mol. The van der Waals surface area contributed by atoms with Crippen LogP contribution in [-0.2, 0) is 17.6 Å². The number of fused-ring (bicyclic) bond motifs is 1. The van der Waals surface area contributed by atoms with Crippen LogP contribution in [0.25, 0.3) is 21.7 Å². The van der Waals surface area contributed by atoms with Crippen LogP contribution in [0, 0.1) is 0 Å². The minimum absolute atomic E-state index is 0.0449. The van der Waals surface area contributed by atoms with Crippen molar-refractivity contribution in [2.24, 2.45) is 0 Å². The molecule has 0 atom stereocenters. The molecule has 3 heterocycles. The molecule has 4 rings (SSSR count). The molecule has 0 bridgehead atoms. The van der Waals surface area contributed by atoms with Gasteiger partial charge in [-0.3, -0.25) is 4.79 Å². The fraction of sp³-hybridized carbons (Fsp3) is 0.300. The van der Waals surface area contributed by atoms with Gasteiger partial charge in [-0.25, -0.2) is 0 Å². The van der Waals surface area contributed by atoms with E-state index in [-0.39, 0.29) is 12.3 Å². The van der Waals surface area contributed by atoms with Gasteiger partial charge in [0.05, 0.1) is 11.3 Å². The van der Waals surface area contributed by atoms with E-state index in [4.69, 9.17) is 9.05 Å². The number of hydrogen-bond donors (Lipinski definition) is 1. The van der Waals surface area contributed by atoms with E-state index in [1.54, 1.807) is 11.3 Å². The fourth-order valence-electron chi connectivity index (χ4n) is 2.95. The van der Waals surface area contributed by atoms with Crippen LogP contribution in [0.3, 0.4) is 0 Å². The maximum absolute atomic E-state index is 12.1. The van der Waals surface area contributed by atoms with Crippen molar-refractivity contribution in [2.75, 3.05) is 6.54 Å². The maximum atomic E-state index is 12.1. The highest BCUT2D eigenvalue weighted by Gasteiger charge is 2.12. The lowest BCUT2D eigenvalue weighted by Gasteiger charge is -2.03. The van der Waals surface area contributed by atoms with Crippen LogP contribution >= 0.6 is 11.3 Å². The average molecular weight is 396 g/mol. The van der Waals surface area contributed by atoms with Crippen LogP contribution in [0.2, 0.25) is 0 Å². The number of carbonyl (C=O) groups excluding carboxylic acids is 1. The third kappa shape index (κ3) is 4.45. The zero-order valence-corrected chi connectivity index (χ0v) is 16.1. The van der Waals surface area contributed by atoms with Crippen LogP contribution < -0.4 is 5.32 Å².